The maximum Gasteiger partial charge on any atom is 0.153 e. The fourth-order valence-electron chi connectivity index (χ4n) is 3.92. The molecular weight excluding hydrogens is 414 g/mol. The van der Waals surface area contributed by atoms with E-state index in [1.165, 1.54) is 34.4 Å². The summed E-state index contributed by atoms with van der Waals surface area (Å²) in [5, 5.41) is 0.0794. The van der Waals surface area contributed by atoms with Gasteiger partial charge in [0, 0.05) is 22.3 Å². The van der Waals surface area contributed by atoms with Crippen LogP contribution in [0, 0.1) is 12.8 Å². The molecule has 0 bridgehead atoms. The van der Waals surface area contributed by atoms with Crippen molar-refractivity contribution in [3.05, 3.63) is 53.1 Å². The predicted molar refractivity (Wildman–Crippen MR) is 129 cm³/mol. The Kier molecular flexibility index (Phi) is 8.08. The van der Waals surface area contributed by atoms with Crippen LogP contribution in [0.3, 0.4) is 0 Å². The molecule has 7 heteroatoms. The maximum atomic E-state index is 11.3. The van der Waals surface area contributed by atoms with Crippen LogP contribution in [0.2, 0.25) is 0 Å². The Labute approximate surface area is 186 Å². The van der Waals surface area contributed by atoms with Gasteiger partial charge in [-0.2, -0.15) is 0 Å². The van der Waals surface area contributed by atoms with Crippen molar-refractivity contribution >= 4 is 34.4 Å². The molecule has 5 nitrogen and oxygen atoms in total. The molecule has 0 amide bonds. The van der Waals surface area contributed by atoms with E-state index in [9.17, 15) is 8.76 Å². The number of nitrogens with zero attached hydrogens (tertiary/aromatic N) is 2. The van der Waals surface area contributed by atoms with Crippen molar-refractivity contribution in [1.82, 2.24) is 0 Å². The molecule has 1 aromatic carbocycles. The summed E-state index contributed by atoms with van der Waals surface area (Å²) in [5.74, 6) is 0.813. The summed E-state index contributed by atoms with van der Waals surface area (Å²) in [4.78, 5) is 10.0. The summed E-state index contributed by atoms with van der Waals surface area (Å²) in [6, 6.07) is 4.66. The van der Waals surface area contributed by atoms with Crippen molar-refractivity contribution in [3.8, 4) is 0 Å². The smallest absolute Gasteiger partial charge is 0.153 e. The molecule has 0 fully saturated rings. The first-order valence-corrected chi connectivity index (χ1v) is 12.5. The van der Waals surface area contributed by atoms with Crippen molar-refractivity contribution in [2.24, 2.45) is 21.6 Å². The van der Waals surface area contributed by atoms with Crippen LogP contribution in [0.25, 0.3) is 0 Å². The average Bonchev–Trinajstić information content (AvgIpc) is 3.16. The second kappa shape index (κ2) is 10.6. The number of fused-ring (bicyclic) bond motifs is 1. The molecule has 3 rings (SSSR count). The van der Waals surface area contributed by atoms with Gasteiger partial charge in [-0.15, -0.1) is 18.3 Å². The van der Waals surface area contributed by atoms with E-state index in [0.29, 0.717) is 25.3 Å². The van der Waals surface area contributed by atoms with E-state index in [-0.39, 0.29) is 16.9 Å². The van der Waals surface area contributed by atoms with Crippen molar-refractivity contribution in [3.63, 3.8) is 0 Å². The molecular formula is C23H31N3O2S2. The first-order chi connectivity index (χ1) is 14.4. The predicted octanol–water partition coefficient (Wildman–Crippen LogP) is 4.46. The number of aliphatic imine (C=N–C) groups is 2. The number of benzene rings is 1. The minimum atomic E-state index is -1.83. The molecule has 162 valence electrons. The van der Waals surface area contributed by atoms with Gasteiger partial charge in [-0.3, -0.25) is 4.99 Å². The van der Waals surface area contributed by atoms with E-state index in [2.05, 4.69) is 41.7 Å². The minimum Gasteiger partial charge on any atom is -0.387 e. The third-order valence-electron chi connectivity index (χ3n) is 5.76. The number of hydrogen-bond donors (Lipinski definition) is 2. The van der Waals surface area contributed by atoms with E-state index in [1.54, 1.807) is 11.8 Å². The number of hydrogen-bond acceptors (Lipinski definition) is 5. The Hall–Kier alpha value is -1.70. The molecule has 0 saturated heterocycles. The summed E-state index contributed by atoms with van der Waals surface area (Å²) < 4.78 is 20.6. The lowest BCUT2D eigenvalue weighted by molar-refractivity contribution is 0.563. The van der Waals surface area contributed by atoms with Crippen molar-refractivity contribution in [2.45, 2.75) is 56.1 Å². The van der Waals surface area contributed by atoms with Gasteiger partial charge in [0.15, 0.2) is 11.1 Å². The van der Waals surface area contributed by atoms with E-state index < -0.39 is 11.1 Å². The van der Waals surface area contributed by atoms with E-state index in [0.717, 1.165) is 17.7 Å². The number of thioether (sulfide) groups is 1. The van der Waals surface area contributed by atoms with Gasteiger partial charge in [0.05, 0.1) is 11.7 Å². The number of allylic oxidation sites excluding steroid dienone is 1. The lowest BCUT2D eigenvalue weighted by Gasteiger charge is -2.20. The van der Waals surface area contributed by atoms with Gasteiger partial charge in [0.1, 0.15) is 12.5 Å². The van der Waals surface area contributed by atoms with Gasteiger partial charge < -0.3 is 10.3 Å². The number of aryl methyl sites for hydroxylation is 3. The summed E-state index contributed by atoms with van der Waals surface area (Å²) in [6.45, 7) is 8.57. The summed E-state index contributed by atoms with van der Waals surface area (Å²) in [7, 11) is 0. The molecule has 3 N–H and O–H groups in total. The molecule has 3 atom stereocenters. The van der Waals surface area contributed by atoms with Gasteiger partial charge in [-0.1, -0.05) is 30.7 Å². The second-order valence-electron chi connectivity index (χ2n) is 7.93. The molecule has 2 aliphatic rings. The van der Waals surface area contributed by atoms with Crippen molar-refractivity contribution in [2.75, 3.05) is 12.4 Å². The largest absolute Gasteiger partial charge is 0.387 e. The Morgan fingerprint density at radius 2 is 2.13 bits per heavy atom. The van der Waals surface area contributed by atoms with E-state index >= 15 is 0 Å². The van der Waals surface area contributed by atoms with Crippen molar-refractivity contribution in [1.29, 1.82) is 0 Å². The lowest BCUT2D eigenvalue weighted by Crippen LogP contribution is -2.31. The average molecular weight is 446 g/mol. The number of rotatable bonds is 9. The molecule has 1 aromatic rings. The minimum absolute atomic E-state index is 0.00411. The Morgan fingerprint density at radius 3 is 2.83 bits per heavy atom. The Morgan fingerprint density at radius 1 is 1.40 bits per heavy atom. The van der Waals surface area contributed by atoms with E-state index in [1.807, 2.05) is 13.0 Å². The zero-order chi connectivity index (χ0) is 21.7. The van der Waals surface area contributed by atoms with Crippen molar-refractivity contribution < 1.29 is 8.76 Å². The van der Waals surface area contributed by atoms with Crippen LogP contribution in [0.5, 0.6) is 0 Å². The summed E-state index contributed by atoms with van der Waals surface area (Å²) in [5.41, 5.74) is 12.3. The van der Waals surface area contributed by atoms with Crippen LogP contribution < -0.4 is 5.73 Å². The maximum absolute atomic E-state index is 11.3. The number of nitrogens with two attached hydrogens (primary N) is 1. The van der Waals surface area contributed by atoms with Crippen LogP contribution >= 0.6 is 11.8 Å². The first-order valence-electron chi connectivity index (χ1n) is 10.4. The van der Waals surface area contributed by atoms with Crippen LogP contribution in [-0.2, 0) is 23.9 Å². The van der Waals surface area contributed by atoms with Gasteiger partial charge in [0.25, 0.3) is 0 Å². The van der Waals surface area contributed by atoms with Crippen LogP contribution in [-0.4, -0.2) is 38.0 Å². The molecule has 0 spiro atoms. The fourth-order valence-corrected chi connectivity index (χ4v) is 5.47. The topological polar surface area (TPSA) is 88.0 Å². The highest BCUT2D eigenvalue weighted by Crippen LogP contribution is 2.34. The quantitative estimate of drug-likeness (QED) is 0.334. The molecule has 0 saturated carbocycles. The van der Waals surface area contributed by atoms with Gasteiger partial charge >= 0.3 is 0 Å². The zero-order valence-electron chi connectivity index (χ0n) is 17.8. The Bertz CT molecular complexity index is 921. The van der Waals surface area contributed by atoms with Crippen LogP contribution in [0.1, 0.15) is 42.9 Å². The highest BCUT2D eigenvalue weighted by Gasteiger charge is 2.20. The molecule has 1 aliphatic heterocycles. The zero-order valence-corrected chi connectivity index (χ0v) is 19.4. The van der Waals surface area contributed by atoms with Crippen LogP contribution in [0.15, 0.2) is 51.3 Å². The molecule has 0 aromatic heterocycles. The monoisotopic (exact) mass is 445 g/mol. The van der Waals surface area contributed by atoms with E-state index in [4.69, 9.17) is 5.73 Å². The van der Waals surface area contributed by atoms with Crippen LogP contribution in [0.4, 0.5) is 0 Å². The second-order valence-corrected chi connectivity index (χ2v) is 10.2. The van der Waals surface area contributed by atoms with Gasteiger partial charge in [-0.05, 0) is 55.4 Å². The standard InChI is InChI=1S/C23H31N3O2S2/c1-4-20(29-22-13-19-7-5-6-18(19)10-15(22)2)11-17(8-9-30(27)28)12-21-16(3)23(24)26-14-25-21/h4,10-11,13,16,20H,1,5-9,12,14H2,2-3H3,(H2,24,26)(H,27,28). The Balaban J connectivity index is 1.80. The van der Waals surface area contributed by atoms with Gasteiger partial charge in [0.2, 0.25) is 0 Å². The third-order valence-corrected chi connectivity index (χ3v) is 7.61. The molecule has 1 aliphatic carbocycles. The first kappa shape index (κ1) is 23.0. The molecule has 1 heterocycles. The summed E-state index contributed by atoms with van der Waals surface area (Å²) in [6.07, 6.45) is 8.88. The lowest BCUT2D eigenvalue weighted by atomic mass is 9.95. The highest BCUT2D eigenvalue weighted by molar-refractivity contribution is 8.00. The highest BCUT2D eigenvalue weighted by atomic mass is 32.2. The molecule has 3 unspecified atom stereocenters. The normalized spacial score (nSPS) is 20.9. The summed E-state index contributed by atoms with van der Waals surface area (Å²) >= 11 is -0.0424. The fraction of sp³-hybridized carbons (Fsp3) is 0.478. The molecule has 0 radical (unpaired) electrons. The SMILES string of the molecule is C=CC(C=C(CCS(=O)O)CC1=NCN=C(N)C1C)Sc1cc2c(cc1C)CCC2. The number of amidine groups is 1. The molecule has 30 heavy (non-hydrogen) atoms. The van der Waals surface area contributed by atoms with Gasteiger partial charge in [-0.25, -0.2) is 9.20 Å². The third kappa shape index (κ3) is 5.93.